The van der Waals surface area contributed by atoms with Gasteiger partial charge in [-0.15, -0.1) is 0 Å². The molecule has 0 aromatic carbocycles. The summed E-state index contributed by atoms with van der Waals surface area (Å²) in [6.07, 6.45) is 1.37. The van der Waals surface area contributed by atoms with Crippen LogP contribution in [0.3, 0.4) is 0 Å². The van der Waals surface area contributed by atoms with Crippen molar-refractivity contribution in [3.05, 3.63) is 16.5 Å². The summed E-state index contributed by atoms with van der Waals surface area (Å²) in [5.41, 5.74) is 0. The Morgan fingerprint density at radius 2 is 2.24 bits per heavy atom. The van der Waals surface area contributed by atoms with E-state index in [0.29, 0.717) is 6.54 Å². The highest BCUT2D eigenvalue weighted by atomic mass is 35.5. The largest absolute Gasteiger partial charge is 0.355 e. The molecule has 8 heteroatoms. The topological polar surface area (TPSA) is 84.0 Å². The monoisotopic (exact) mass is 274 g/mol. The fourth-order valence-corrected chi connectivity index (χ4v) is 1.72. The van der Waals surface area contributed by atoms with Crippen molar-refractivity contribution in [1.29, 1.82) is 0 Å². The van der Waals surface area contributed by atoms with Crippen molar-refractivity contribution in [3.63, 3.8) is 0 Å². The third-order valence-corrected chi connectivity index (χ3v) is 3.08. The van der Waals surface area contributed by atoms with Gasteiger partial charge in [0.2, 0.25) is 11.8 Å². The van der Waals surface area contributed by atoms with E-state index in [4.69, 9.17) is 23.2 Å². The van der Waals surface area contributed by atoms with Crippen LogP contribution < -0.4 is 10.6 Å². The molecule has 1 fully saturated rings. The summed E-state index contributed by atoms with van der Waals surface area (Å²) in [4.78, 5) is 30.2. The number of carbonyl (C=O) groups excluding carboxylic acids is 2. The highest BCUT2D eigenvalue weighted by Crippen LogP contribution is 2.26. The van der Waals surface area contributed by atoms with E-state index in [1.807, 2.05) is 0 Å². The van der Waals surface area contributed by atoms with Gasteiger partial charge in [-0.1, -0.05) is 23.2 Å². The van der Waals surface area contributed by atoms with Gasteiger partial charge in [-0.05, 0) is 0 Å². The van der Waals surface area contributed by atoms with Gasteiger partial charge in [0.25, 0.3) is 0 Å². The molecule has 1 saturated heterocycles. The van der Waals surface area contributed by atoms with Gasteiger partial charge in [-0.25, -0.2) is 9.97 Å². The molecule has 90 valence electrons. The van der Waals surface area contributed by atoms with Crippen molar-refractivity contribution in [2.75, 3.05) is 11.9 Å². The van der Waals surface area contributed by atoms with E-state index >= 15 is 0 Å². The van der Waals surface area contributed by atoms with Crippen LogP contribution >= 0.6 is 23.2 Å². The van der Waals surface area contributed by atoms with E-state index in [0.717, 1.165) is 0 Å². The molecule has 1 aromatic rings. The number of nitrogens with one attached hydrogen (secondary N) is 2. The van der Waals surface area contributed by atoms with Crippen LogP contribution in [0.1, 0.15) is 6.42 Å². The van der Waals surface area contributed by atoms with Gasteiger partial charge in [0.15, 0.2) is 11.0 Å². The lowest BCUT2D eigenvalue weighted by molar-refractivity contribution is -0.123. The quantitative estimate of drug-likeness (QED) is 0.784. The molecule has 17 heavy (non-hydrogen) atoms. The molecule has 0 bridgehead atoms. The van der Waals surface area contributed by atoms with Gasteiger partial charge in [-0.2, -0.15) is 0 Å². The van der Waals surface area contributed by atoms with E-state index in [9.17, 15) is 9.59 Å². The Bertz CT molecular complexity index is 480. The van der Waals surface area contributed by atoms with Crippen molar-refractivity contribution in [2.45, 2.75) is 6.42 Å². The Hall–Kier alpha value is -1.40. The maximum Gasteiger partial charge on any atom is 0.230 e. The molecule has 0 aliphatic carbocycles. The normalized spacial score (nSPS) is 18.9. The fourth-order valence-electron chi connectivity index (χ4n) is 1.44. The van der Waals surface area contributed by atoms with E-state index < -0.39 is 5.92 Å². The Morgan fingerprint density at radius 3 is 2.88 bits per heavy atom. The van der Waals surface area contributed by atoms with Crippen LogP contribution in [0, 0.1) is 5.92 Å². The van der Waals surface area contributed by atoms with E-state index in [1.165, 1.54) is 6.33 Å². The first kappa shape index (κ1) is 12.1. The van der Waals surface area contributed by atoms with Gasteiger partial charge in [0.1, 0.15) is 11.3 Å². The maximum atomic E-state index is 11.8. The van der Waals surface area contributed by atoms with Crippen LogP contribution in [-0.2, 0) is 9.59 Å². The number of carbonyl (C=O) groups is 2. The Morgan fingerprint density at radius 1 is 1.47 bits per heavy atom. The zero-order valence-electron chi connectivity index (χ0n) is 8.54. The highest BCUT2D eigenvalue weighted by Gasteiger charge is 2.28. The van der Waals surface area contributed by atoms with Crippen molar-refractivity contribution in [3.8, 4) is 0 Å². The van der Waals surface area contributed by atoms with Crippen LogP contribution in [0.25, 0.3) is 0 Å². The molecule has 0 spiro atoms. The Kier molecular flexibility index (Phi) is 3.44. The van der Waals surface area contributed by atoms with E-state index in [-0.39, 0.29) is 34.2 Å². The number of hydrogen-bond donors (Lipinski definition) is 2. The molecule has 0 saturated carbocycles. The minimum atomic E-state index is -0.410. The SMILES string of the molecule is O=C1CC(C(=O)Nc2ncnc(Cl)c2Cl)CN1. The molecule has 6 nitrogen and oxygen atoms in total. The second-order valence-electron chi connectivity index (χ2n) is 3.52. The van der Waals surface area contributed by atoms with Crippen LogP contribution in [0.2, 0.25) is 10.2 Å². The van der Waals surface area contributed by atoms with E-state index in [1.54, 1.807) is 0 Å². The zero-order chi connectivity index (χ0) is 12.4. The molecule has 1 aliphatic rings. The molecule has 2 rings (SSSR count). The van der Waals surface area contributed by atoms with Gasteiger partial charge < -0.3 is 10.6 Å². The van der Waals surface area contributed by atoms with Gasteiger partial charge in [0, 0.05) is 13.0 Å². The van der Waals surface area contributed by atoms with Crippen LogP contribution in [0.5, 0.6) is 0 Å². The summed E-state index contributed by atoms with van der Waals surface area (Å²) in [5, 5.41) is 5.24. The molecular formula is C9H8Cl2N4O2. The second kappa shape index (κ2) is 4.85. The predicted molar refractivity (Wildman–Crippen MR) is 61.8 cm³/mol. The zero-order valence-corrected chi connectivity index (χ0v) is 10.0. The average molecular weight is 275 g/mol. The second-order valence-corrected chi connectivity index (χ2v) is 4.26. The van der Waals surface area contributed by atoms with Crippen molar-refractivity contribution < 1.29 is 9.59 Å². The van der Waals surface area contributed by atoms with E-state index in [2.05, 4.69) is 20.6 Å². The van der Waals surface area contributed by atoms with Gasteiger partial charge in [0.05, 0.1) is 5.92 Å². The van der Waals surface area contributed by atoms with Crippen LogP contribution in [0.4, 0.5) is 5.82 Å². The summed E-state index contributed by atoms with van der Waals surface area (Å²) in [7, 11) is 0. The summed E-state index contributed by atoms with van der Waals surface area (Å²) >= 11 is 11.5. The molecule has 2 N–H and O–H groups in total. The first-order chi connectivity index (χ1) is 8.08. The lowest BCUT2D eigenvalue weighted by atomic mass is 10.1. The van der Waals surface area contributed by atoms with Gasteiger partial charge in [-0.3, -0.25) is 9.59 Å². The van der Waals surface area contributed by atoms with Crippen molar-refractivity contribution in [2.24, 2.45) is 5.92 Å². The summed E-state index contributed by atoms with van der Waals surface area (Å²) in [5.74, 6) is -0.722. The fraction of sp³-hybridized carbons (Fsp3) is 0.333. The molecule has 1 aromatic heterocycles. The minimum absolute atomic E-state index is 0.0672. The lowest BCUT2D eigenvalue weighted by Gasteiger charge is -2.09. The van der Waals surface area contributed by atoms with Crippen LogP contribution in [-0.4, -0.2) is 28.3 Å². The maximum absolute atomic E-state index is 11.8. The lowest BCUT2D eigenvalue weighted by Crippen LogP contribution is -2.25. The van der Waals surface area contributed by atoms with Gasteiger partial charge >= 0.3 is 0 Å². The third kappa shape index (κ3) is 2.65. The highest BCUT2D eigenvalue weighted by molar-refractivity contribution is 6.42. The molecule has 1 unspecified atom stereocenters. The Balaban J connectivity index is 2.08. The smallest absolute Gasteiger partial charge is 0.230 e. The van der Waals surface area contributed by atoms with Crippen molar-refractivity contribution in [1.82, 2.24) is 15.3 Å². The Labute approximate surface area is 107 Å². The van der Waals surface area contributed by atoms with Crippen LogP contribution in [0.15, 0.2) is 6.33 Å². The van der Waals surface area contributed by atoms with Crippen molar-refractivity contribution >= 4 is 40.8 Å². The molecule has 0 radical (unpaired) electrons. The molecular weight excluding hydrogens is 267 g/mol. The third-order valence-electron chi connectivity index (χ3n) is 2.34. The number of amides is 2. The molecule has 2 amide bonds. The number of hydrogen-bond acceptors (Lipinski definition) is 4. The molecule has 1 aliphatic heterocycles. The first-order valence-electron chi connectivity index (χ1n) is 4.81. The number of halogens is 2. The predicted octanol–water partition coefficient (Wildman–Crippen LogP) is 0.858. The molecule has 1 atom stereocenters. The summed E-state index contributed by atoms with van der Waals surface area (Å²) in [6.45, 7) is 0.321. The summed E-state index contributed by atoms with van der Waals surface area (Å²) < 4.78 is 0. The summed E-state index contributed by atoms with van der Waals surface area (Å²) in [6, 6.07) is 0. The first-order valence-corrected chi connectivity index (χ1v) is 5.57. The number of nitrogens with zero attached hydrogens (tertiary/aromatic N) is 2. The standard InChI is InChI=1S/C9H8Cl2N4O2/c10-6-7(11)13-3-14-8(6)15-9(17)4-1-5(16)12-2-4/h3-4H,1-2H2,(H,12,16)(H,13,14,15,17). The number of anilines is 1. The average Bonchev–Trinajstić information content (AvgIpc) is 2.72. The minimum Gasteiger partial charge on any atom is -0.355 e. The number of aromatic nitrogens is 2. The molecule has 2 heterocycles. The number of rotatable bonds is 2.